The maximum Gasteiger partial charge on any atom is 0.159 e. The molecule has 0 spiro atoms. The van der Waals surface area contributed by atoms with Crippen molar-refractivity contribution in [1.82, 2.24) is 4.98 Å². The van der Waals surface area contributed by atoms with Gasteiger partial charge in [-0.25, -0.2) is 0 Å². The standard InChI is InChI=1S/C32H31NO3/c1-24(34)28-7-4-8-29(22-28)31-9-2-3-10-32(31)36-21-19-26-13-11-25(12-14-26)15-17-30(35)18-16-27-6-5-20-33-23-27/h2-14,20,22-23H,15-19,21H2,1H3. The lowest BCUT2D eigenvalue weighted by Crippen LogP contribution is -2.04. The molecule has 0 aliphatic rings. The molecule has 36 heavy (non-hydrogen) atoms. The summed E-state index contributed by atoms with van der Waals surface area (Å²) in [5.41, 5.74) is 6.10. The van der Waals surface area contributed by atoms with Crippen LogP contribution in [0.25, 0.3) is 11.1 Å². The van der Waals surface area contributed by atoms with Gasteiger partial charge in [-0.2, -0.15) is 0 Å². The number of carbonyl (C=O) groups excluding carboxylic acids is 2. The summed E-state index contributed by atoms with van der Waals surface area (Å²) in [6.07, 6.45) is 6.97. The highest BCUT2D eigenvalue weighted by Gasteiger charge is 2.09. The van der Waals surface area contributed by atoms with E-state index in [9.17, 15) is 9.59 Å². The lowest BCUT2D eigenvalue weighted by Gasteiger charge is -2.12. The summed E-state index contributed by atoms with van der Waals surface area (Å²) < 4.78 is 6.13. The van der Waals surface area contributed by atoms with E-state index in [1.807, 2.05) is 66.9 Å². The first kappa shape index (κ1) is 25.1. The number of benzene rings is 3. The molecule has 0 aliphatic carbocycles. The molecule has 0 amide bonds. The highest BCUT2D eigenvalue weighted by molar-refractivity contribution is 5.95. The van der Waals surface area contributed by atoms with E-state index >= 15 is 0 Å². The Morgan fingerprint density at radius 1 is 0.750 bits per heavy atom. The van der Waals surface area contributed by atoms with Crippen LogP contribution in [0.4, 0.5) is 0 Å². The normalized spacial score (nSPS) is 10.7. The van der Waals surface area contributed by atoms with Crippen LogP contribution < -0.4 is 4.74 Å². The van der Waals surface area contributed by atoms with Gasteiger partial charge < -0.3 is 4.74 Å². The average Bonchev–Trinajstić information content (AvgIpc) is 2.92. The molecule has 1 aromatic heterocycles. The number of Topliss-reactive ketones (excluding diaryl/α,β-unsaturated/α-hetero) is 2. The Morgan fingerprint density at radius 3 is 2.19 bits per heavy atom. The van der Waals surface area contributed by atoms with Crippen LogP contribution in [0.2, 0.25) is 0 Å². The van der Waals surface area contributed by atoms with E-state index in [1.54, 1.807) is 13.1 Å². The Labute approximate surface area is 213 Å². The predicted octanol–water partition coefficient (Wildman–Crippen LogP) is 6.71. The molecular weight excluding hydrogens is 446 g/mol. The van der Waals surface area contributed by atoms with Crippen molar-refractivity contribution in [3.8, 4) is 16.9 Å². The minimum atomic E-state index is 0.0489. The van der Waals surface area contributed by atoms with Crippen LogP contribution in [0, 0.1) is 0 Å². The fourth-order valence-corrected chi connectivity index (χ4v) is 4.13. The molecule has 0 fully saturated rings. The summed E-state index contributed by atoms with van der Waals surface area (Å²) in [6, 6.07) is 27.9. The number of rotatable bonds is 12. The lowest BCUT2D eigenvalue weighted by molar-refractivity contribution is -0.119. The molecule has 0 unspecified atom stereocenters. The van der Waals surface area contributed by atoms with Gasteiger partial charge in [0.1, 0.15) is 11.5 Å². The summed E-state index contributed by atoms with van der Waals surface area (Å²) in [6.45, 7) is 2.13. The smallest absolute Gasteiger partial charge is 0.159 e. The van der Waals surface area contributed by atoms with Gasteiger partial charge >= 0.3 is 0 Å². The van der Waals surface area contributed by atoms with Crippen LogP contribution in [-0.4, -0.2) is 23.2 Å². The fourth-order valence-electron chi connectivity index (χ4n) is 4.13. The number of para-hydroxylation sites is 1. The third kappa shape index (κ3) is 7.22. The SMILES string of the molecule is CC(=O)c1cccc(-c2ccccc2OCCc2ccc(CCC(=O)CCc3cccnc3)cc2)c1. The van der Waals surface area contributed by atoms with Gasteiger partial charge in [-0.3, -0.25) is 14.6 Å². The number of ketones is 2. The Kier molecular flexibility index (Phi) is 8.77. The van der Waals surface area contributed by atoms with E-state index < -0.39 is 0 Å². The number of nitrogens with zero attached hydrogens (tertiary/aromatic N) is 1. The average molecular weight is 478 g/mol. The van der Waals surface area contributed by atoms with Gasteiger partial charge in [0, 0.05) is 42.8 Å². The van der Waals surface area contributed by atoms with Crippen LogP contribution in [0.1, 0.15) is 46.8 Å². The van der Waals surface area contributed by atoms with E-state index in [0.29, 0.717) is 25.0 Å². The van der Waals surface area contributed by atoms with Crippen molar-refractivity contribution in [2.75, 3.05) is 6.61 Å². The van der Waals surface area contributed by atoms with E-state index in [-0.39, 0.29) is 11.6 Å². The van der Waals surface area contributed by atoms with Crippen LogP contribution in [0.5, 0.6) is 5.75 Å². The van der Waals surface area contributed by atoms with Gasteiger partial charge in [0.15, 0.2) is 5.78 Å². The van der Waals surface area contributed by atoms with Crippen molar-refractivity contribution in [3.05, 3.63) is 120 Å². The molecular formula is C32H31NO3. The largest absolute Gasteiger partial charge is 0.493 e. The quantitative estimate of drug-likeness (QED) is 0.213. The molecule has 4 heteroatoms. The summed E-state index contributed by atoms with van der Waals surface area (Å²) in [4.78, 5) is 28.1. The van der Waals surface area contributed by atoms with Gasteiger partial charge in [0.2, 0.25) is 0 Å². The first-order valence-electron chi connectivity index (χ1n) is 12.4. The molecule has 4 nitrogen and oxygen atoms in total. The van der Waals surface area contributed by atoms with Crippen molar-refractivity contribution >= 4 is 11.6 Å². The molecule has 3 aromatic carbocycles. The molecule has 0 saturated heterocycles. The highest BCUT2D eigenvalue weighted by Crippen LogP contribution is 2.30. The zero-order chi connectivity index (χ0) is 25.2. The van der Waals surface area contributed by atoms with Gasteiger partial charge in [-0.05, 0) is 60.2 Å². The third-order valence-electron chi connectivity index (χ3n) is 6.25. The zero-order valence-electron chi connectivity index (χ0n) is 20.7. The van der Waals surface area contributed by atoms with Crippen molar-refractivity contribution in [2.45, 2.75) is 39.0 Å². The van der Waals surface area contributed by atoms with Crippen molar-refractivity contribution < 1.29 is 14.3 Å². The molecule has 182 valence electrons. The Hall–Kier alpha value is -4.05. The number of hydrogen-bond donors (Lipinski definition) is 0. The second-order valence-corrected chi connectivity index (χ2v) is 8.95. The number of carbonyl (C=O) groups is 2. The minimum Gasteiger partial charge on any atom is -0.493 e. The zero-order valence-corrected chi connectivity index (χ0v) is 20.7. The number of aromatic nitrogens is 1. The minimum absolute atomic E-state index is 0.0489. The molecule has 1 heterocycles. The van der Waals surface area contributed by atoms with Crippen molar-refractivity contribution in [2.24, 2.45) is 0 Å². The number of ether oxygens (including phenoxy) is 1. The molecule has 0 radical (unpaired) electrons. The van der Waals surface area contributed by atoms with Gasteiger partial charge in [-0.15, -0.1) is 0 Å². The molecule has 4 rings (SSSR count). The molecule has 4 aromatic rings. The lowest BCUT2D eigenvalue weighted by atomic mass is 10.0. The highest BCUT2D eigenvalue weighted by atomic mass is 16.5. The van der Waals surface area contributed by atoms with Crippen LogP contribution in [0.15, 0.2) is 97.3 Å². The molecule has 0 atom stereocenters. The first-order valence-corrected chi connectivity index (χ1v) is 12.4. The Morgan fingerprint density at radius 2 is 1.47 bits per heavy atom. The van der Waals surface area contributed by atoms with Crippen LogP contribution in [-0.2, 0) is 24.1 Å². The summed E-state index contributed by atoms with van der Waals surface area (Å²) >= 11 is 0. The summed E-state index contributed by atoms with van der Waals surface area (Å²) in [5.74, 6) is 1.14. The first-order chi connectivity index (χ1) is 17.6. The maximum absolute atomic E-state index is 12.3. The summed E-state index contributed by atoms with van der Waals surface area (Å²) in [5, 5.41) is 0. The van der Waals surface area contributed by atoms with E-state index in [1.165, 1.54) is 11.1 Å². The van der Waals surface area contributed by atoms with Gasteiger partial charge in [-0.1, -0.05) is 66.7 Å². The number of aryl methyl sites for hydroxylation is 2. The van der Waals surface area contributed by atoms with E-state index in [0.717, 1.165) is 41.7 Å². The summed E-state index contributed by atoms with van der Waals surface area (Å²) in [7, 11) is 0. The number of pyridine rings is 1. The topological polar surface area (TPSA) is 56.3 Å². The molecule has 0 bridgehead atoms. The third-order valence-corrected chi connectivity index (χ3v) is 6.25. The van der Waals surface area contributed by atoms with Gasteiger partial charge in [0.25, 0.3) is 0 Å². The van der Waals surface area contributed by atoms with E-state index in [4.69, 9.17) is 4.74 Å². The second-order valence-electron chi connectivity index (χ2n) is 8.95. The monoisotopic (exact) mass is 477 g/mol. The second kappa shape index (κ2) is 12.6. The Balaban J connectivity index is 1.26. The van der Waals surface area contributed by atoms with E-state index in [2.05, 4.69) is 29.2 Å². The molecule has 0 N–H and O–H groups in total. The maximum atomic E-state index is 12.3. The molecule has 0 saturated carbocycles. The predicted molar refractivity (Wildman–Crippen MR) is 143 cm³/mol. The van der Waals surface area contributed by atoms with Crippen molar-refractivity contribution in [1.29, 1.82) is 0 Å². The number of hydrogen-bond acceptors (Lipinski definition) is 4. The fraction of sp³-hybridized carbons (Fsp3) is 0.219. The molecule has 0 aliphatic heterocycles. The van der Waals surface area contributed by atoms with Crippen molar-refractivity contribution in [3.63, 3.8) is 0 Å². The van der Waals surface area contributed by atoms with Gasteiger partial charge in [0.05, 0.1) is 6.61 Å². The van der Waals surface area contributed by atoms with Crippen LogP contribution in [0.3, 0.4) is 0 Å². The Bertz CT molecular complexity index is 1300. The van der Waals surface area contributed by atoms with Crippen LogP contribution >= 0.6 is 0 Å².